The van der Waals surface area contributed by atoms with Gasteiger partial charge >= 0.3 is 5.97 Å². The Morgan fingerprint density at radius 2 is 1.93 bits per heavy atom. The van der Waals surface area contributed by atoms with E-state index in [4.69, 9.17) is 4.74 Å². The minimum atomic E-state index is -0.897. The fraction of sp³-hybridized carbons (Fsp3) is 0.458. The fourth-order valence-electron chi connectivity index (χ4n) is 4.00. The lowest BCUT2D eigenvalue weighted by Gasteiger charge is -2.23. The molecule has 4 nitrogen and oxygen atoms in total. The highest BCUT2D eigenvalue weighted by atomic mass is 16.5. The Kier molecular flexibility index (Phi) is 5.96. The minimum Gasteiger partial charge on any atom is -0.493 e. The summed E-state index contributed by atoms with van der Waals surface area (Å²) in [6.07, 6.45) is 6.83. The van der Waals surface area contributed by atoms with E-state index in [1.807, 2.05) is 6.07 Å². The molecule has 0 radical (unpaired) electrons. The number of hydrogen-bond donors (Lipinski definition) is 1. The molecule has 148 valence electrons. The highest BCUT2D eigenvalue weighted by Crippen LogP contribution is 2.30. The number of nitrogens with zero attached hydrogens (tertiary/aromatic N) is 1. The van der Waals surface area contributed by atoms with Gasteiger partial charge in [0.2, 0.25) is 0 Å². The lowest BCUT2D eigenvalue weighted by Crippen LogP contribution is -2.27. The highest BCUT2D eigenvalue weighted by Gasteiger charge is 2.24. The Hall–Kier alpha value is -2.33. The summed E-state index contributed by atoms with van der Waals surface area (Å²) < 4.78 is 6.03. The molecular weight excluding hydrogens is 350 g/mol. The van der Waals surface area contributed by atoms with E-state index in [0.29, 0.717) is 18.6 Å². The molecule has 28 heavy (non-hydrogen) atoms. The number of carboxylic acids is 1. The average molecular weight is 380 g/mol. The van der Waals surface area contributed by atoms with Gasteiger partial charge in [-0.25, -0.2) is 4.79 Å². The molecule has 0 atom stereocenters. The maximum absolute atomic E-state index is 11.4. The molecular formula is C24H29NO3. The summed E-state index contributed by atoms with van der Waals surface area (Å²) in [5.74, 6) is 0.807. The second-order valence-electron chi connectivity index (χ2n) is 8.21. The Morgan fingerprint density at radius 1 is 1.07 bits per heavy atom. The first-order valence-electron chi connectivity index (χ1n) is 10.5. The molecule has 2 bridgehead atoms. The third kappa shape index (κ3) is 5.14. The number of ether oxygens (including phenoxy) is 1. The van der Waals surface area contributed by atoms with E-state index >= 15 is 0 Å². The van der Waals surface area contributed by atoms with Crippen molar-refractivity contribution >= 4 is 5.97 Å². The van der Waals surface area contributed by atoms with Crippen LogP contribution in [0.1, 0.15) is 59.2 Å². The summed E-state index contributed by atoms with van der Waals surface area (Å²) in [6.45, 7) is 4.05. The molecule has 4 rings (SSSR count). The van der Waals surface area contributed by atoms with Crippen LogP contribution in [0.5, 0.6) is 5.75 Å². The van der Waals surface area contributed by atoms with Gasteiger partial charge in [0.25, 0.3) is 0 Å². The van der Waals surface area contributed by atoms with Gasteiger partial charge in [0.15, 0.2) is 0 Å². The van der Waals surface area contributed by atoms with Crippen LogP contribution in [0.4, 0.5) is 0 Å². The zero-order valence-electron chi connectivity index (χ0n) is 16.4. The second-order valence-corrected chi connectivity index (χ2v) is 8.21. The third-order valence-corrected chi connectivity index (χ3v) is 5.69. The van der Waals surface area contributed by atoms with Gasteiger partial charge in [0.05, 0.1) is 12.2 Å². The SMILES string of the molecule is O=C(O)c1ccc2c(c1)Cc1cccc(c1)CN(CC1CC1)CCCCCO2. The zero-order valence-corrected chi connectivity index (χ0v) is 16.4. The van der Waals surface area contributed by atoms with Gasteiger partial charge in [0.1, 0.15) is 5.75 Å². The minimum absolute atomic E-state index is 0.315. The molecule has 1 saturated carbocycles. The number of carbonyl (C=O) groups is 1. The van der Waals surface area contributed by atoms with Crippen molar-refractivity contribution in [2.75, 3.05) is 19.7 Å². The Labute approximate surface area is 167 Å². The first-order valence-corrected chi connectivity index (χ1v) is 10.5. The first kappa shape index (κ1) is 19.0. The highest BCUT2D eigenvalue weighted by molar-refractivity contribution is 5.88. The van der Waals surface area contributed by atoms with Crippen LogP contribution in [0.25, 0.3) is 0 Å². The van der Waals surface area contributed by atoms with Gasteiger partial charge in [-0.1, -0.05) is 24.3 Å². The fourth-order valence-corrected chi connectivity index (χ4v) is 4.00. The van der Waals surface area contributed by atoms with E-state index < -0.39 is 5.97 Å². The van der Waals surface area contributed by atoms with Gasteiger partial charge in [-0.05, 0) is 79.5 Å². The molecule has 1 aliphatic heterocycles. The molecule has 0 saturated heterocycles. The maximum atomic E-state index is 11.4. The number of fused-ring (bicyclic) bond motifs is 3. The van der Waals surface area contributed by atoms with Crippen molar-refractivity contribution in [3.05, 3.63) is 64.7 Å². The topological polar surface area (TPSA) is 49.8 Å². The molecule has 0 aromatic heterocycles. The van der Waals surface area contributed by atoms with Crippen LogP contribution >= 0.6 is 0 Å². The van der Waals surface area contributed by atoms with Gasteiger partial charge < -0.3 is 9.84 Å². The Balaban J connectivity index is 1.60. The average Bonchev–Trinajstić information content (AvgIpc) is 3.49. The van der Waals surface area contributed by atoms with Crippen molar-refractivity contribution in [2.45, 2.75) is 45.1 Å². The summed E-state index contributed by atoms with van der Waals surface area (Å²) >= 11 is 0. The summed E-state index contributed by atoms with van der Waals surface area (Å²) in [6, 6.07) is 13.9. The number of benzene rings is 2. The van der Waals surface area contributed by atoms with Crippen LogP contribution in [0.15, 0.2) is 42.5 Å². The molecule has 2 aliphatic rings. The van der Waals surface area contributed by atoms with Crippen LogP contribution in [0.2, 0.25) is 0 Å². The summed E-state index contributed by atoms with van der Waals surface area (Å²) in [5, 5.41) is 9.36. The summed E-state index contributed by atoms with van der Waals surface area (Å²) in [4.78, 5) is 14.0. The van der Waals surface area contributed by atoms with Crippen LogP contribution < -0.4 is 4.74 Å². The second kappa shape index (κ2) is 8.78. The van der Waals surface area contributed by atoms with Crippen LogP contribution in [-0.2, 0) is 13.0 Å². The van der Waals surface area contributed by atoms with E-state index in [2.05, 4.69) is 29.2 Å². The molecule has 1 fully saturated rings. The van der Waals surface area contributed by atoms with Crippen molar-refractivity contribution in [3.63, 3.8) is 0 Å². The smallest absolute Gasteiger partial charge is 0.335 e. The van der Waals surface area contributed by atoms with Crippen LogP contribution in [0.3, 0.4) is 0 Å². The molecule has 0 amide bonds. The number of rotatable bonds is 3. The molecule has 1 heterocycles. The number of hydrogen-bond acceptors (Lipinski definition) is 3. The molecule has 1 aliphatic carbocycles. The third-order valence-electron chi connectivity index (χ3n) is 5.69. The quantitative estimate of drug-likeness (QED) is 0.836. The van der Waals surface area contributed by atoms with Crippen LogP contribution in [0, 0.1) is 5.92 Å². The largest absolute Gasteiger partial charge is 0.493 e. The number of aromatic carboxylic acids is 1. The van der Waals surface area contributed by atoms with Gasteiger partial charge in [-0.2, -0.15) is 0 Å². The molecule has 0 unspecified atom stereocenters. The maximum Gasteiger partial charge on any atom is 0.335 e. The van der Waals surface area contributed by atoms with Crippen molar-refractivity contribution in [1.82, 2.24) is 4.90 Å². The monoisotopic (exact) mass is 379 g/mol. The molecule has 2 aromatic rings. The number of carboxylic acid groups (broad SMARTS) is 1. The normalized spacial score (nSPS) is 18.6. The van der Waals surface area contributed by atoms with E-state index in [9.17, 15) is 9.90 Å². The summed E-state index contributed by atoms with van der Waals surface area (Å²) in [7, 11) is 0. The molecule has 2 aromatic carbocycles. The molecule has 4 heteroatoms. The van der Waals surface area contributed by atoms with Gasteiger partial charge in [0, 0.05) is 19.5 Å². The molecule has 1 N–H and O–H groups in total. The standard InChI is InChI=1S/C24H29NO3/c26-24(27)21-9-10-23-22(15-21)14-19-5-4-6-20(13-19)17-25(16-18-7-8-18)11-2-1-3-12-28-23/h4-6,9-10,13,15,18H,1-3,7-8,11-12,14,16-17H2,(H,26,27). The van der Waals surface area contributed by atoms with E-state index in [-0.39, 0.29) is 0 Å². The Bertz CT molecular complexity index is 828. The van der Waals surface area contributed by atoms with Crippen molar-refractivity contribution in [1.29, 1.82) is 0 Å². The van der Waals surface area contributed by atoms with E-state index in [1.54, 1.807) is 12.1 Å². The van der Waals surface area contributed by atoms with Gasteiger partial charge in [-0.3, -0.25) is 4.90 Å². The van der Waals surface area contributed by atoms with E-state index in [0.717, 1.165) is 43.2 Å². The predicted octanol–water partition coefficient (Wildman–Crippen LogP) is 4.75. The summed E-state index contributed by atoms with van der Waals surface area (Å²) in [5.41, 5.74) is 3.81. The lowest BCUT2D eigenvalue weighted by molar-refractivity contribution is 0.0696. The van der Waals surface area contributed by atoms with E-state index in [1.165, 1.54) is 36.9 Å². The van der Waals surface area contributed by atoms with Crippen LogP contribution in [-0.4, -0.2) is 35.7 Å². The van der Waals surface area contributed by atoms with Crippen molar-refractivity contribution < 1.29 is 14.6 Å². The zero-order chi connectivity index (χ0) is 19.3. The van der Waals surface area contributed by atoms with Crippen molar-refractivity contribution in [2.24, 2.45) is 5.92 Å². The lowest BCUT2D eigenvalue weighted by atomic mass is 9.99. The van der Waals surface area contributed by atoms with Gasteiger partial charge in [-0.15, -0.1) is 0 Å². The van der Waals surface area contributed by atoms with Crippen molar-refractivity contribution in [3.8, 4) is 5.75 Å². The predicted molar refractivity (Wildman–Crippen MR) is 110 cm³/mol. The molecule has 0 spiro atoms. The first-order chi connectivity index (χ1) is 13.7. The Morgan fingerprint density at radius 3 is 2.75 bits per heavy atom.